The highest BCUT2D eigenvalue weighted by Gasteiger charge is 2.23. The van der Waals surface area contributed by atoms with E-state index in [1.54, 1.807) is 12.1 Å². The predicted octanol–water partition coefficient (Wildman–Crippen LogP) is 5.19. The quantitative estimate of drug-likeness (QED) is 0.629. The maximum Gasteiger partial charge on any atom is 0.323 e. The fourth-order valence-electron chi connectivity index (χ4n) is 2.15. The average Bonchev–Trinajstić information content (AvgIpc) is 3.00. The maximum absolute atomic E-state index is 11.2. The summed E-state index contributed by atoms with van der Waals surface area (Å²) >= 11 is 11.4. The van der Waals surface area contributed by atoms with Crippen LogP contribution >= 0.6 is 35.6 Å². The molecule has 0 saturated heterocycles. The molecule has 0 aliphatic heterocycles. The smallest absolute Gasteiger partial charge is 0.323 e. The Hall–Kier alpha value is -1.82. The van der Waals surface area contributed by atoms with Crippen LogP contribution in [0.15, 0.2) is 54.6 Å². The number of thiazole rings is 1. The summed E-state index contributed by atoms with van der Waals surface area (Å²) in [6, 6.07) is 17.1. The normalized spacial score (nSPS) is 12.1. The predicted molar refractivity (Wildman–Crippen MR) is 97.4 cm³/mol. The van der Waals surface area contributed by atoms with Gasteiger partial charge in [0.05, 0.1) is 10.6 Å². The summed E-state index contributed by atoms with van der Waals surface area (Å²) < 4.78 is 0. The van der Waals surface area contributed by atoms with Gasteiger partial charge in [0.2, 0.25) is 0 Å². The molecule has 23 heavy (non-hydrogen) atoms. The summed E-state index contributed by atoms with van der Waals surface area (Å²) in [5, 5.41) is 9.36. The van der Waals surface area contributed by atoms with Crippen LogP contribution in [0.3, 0.4) is 0 Å². The number of carbonyl (C=O) groups is 1. The first-order valence-electron chi connectivity index (χ1n) is 6.79. The lowest BCUT2D eigenvalue weighted by molar-refractivity contribution is -0.136. The zero-order valence-corrected chi connectivity index (χ0v) is 14.3. The fourth-order valence-corrected chi connectivity index (χ4v) is 3.56. The molecule has 1 unspecified atom stereocenters. The molecule has 1 heterocycles. The zero-order chi connectivity index (χ0) is 16.4. The van der Waals surface area contributed by atoms with E-state index in [-0.39, 0.29) is 0 Å². The summed E-state index contributed by atoms with van der Waals surface area (Å²) in [7, 11) is 0. The van der Waals surface area contributed by atoms with Crippen LogP contribution in [-0.2, 0) is 4.79 Å². The van der Waals surface area contributed by atoms with Crippen LogP contribution in [-0.4, -0.2) is 16.1 Å². The van der Waals surface area contributed by atoms with Crippen molar-refractivity contribution in [3.8, 4) is 21.7 Å². The van der Waals surface area contributed by atoms with Crippen molar-refractivity contribution >= 4 is 41.5 Å². The van der Waals surface area contributed by atoms with Gasteiger partial charge in [-0.05, 0) is 17.7 Å². The number of halogens is 1. The van der Waals surface area contributed by atoms with Crippen LogP contribution in [0.1, 0.15) is 10.3 Å². The van der Waals surface area contributed by atoms with Gasteiger partial charge in [0.1, 0.15) is 5.01 Å². The minimum absolute atomic E-state index is 0.463. The number of thiol groups is 1. The second-order valence-corrected chi connectivity index (χ2v) is 6.83. The minimum atomic E-state index is -1.01. The van der Waals surface area contributed by atoms with Crippen molar-refractivity contribution in [3.63, 3.8) is 0 Å². The van der Waals surface area contributed by atoms with Gasteiger partial charge in [-0.2, -0.15) is 12.6 Å². The number of aromatic nitrogens is 1. The molecule has 1 aromatic heterocycles. The van der Waals surface area contributed by atoms with Gasteiger partial charge in [-0.15, -0.1) is 11.3 Å². The van der Waals surface area contributed by atoms with Crippen molar-refractivity contribution in [1.82, 2.24) is 4.98 Å². The summed E-state index contributed by atoms with van der Waals surface area (Å²) in [6.07, 6.45) is 0. The van der Waals surface area contributed by atoms with Crippen molar-refractivity contribution < 1.29 is 9.90 Å². The number of benzene rings is 2. The average molecular weight is 362 g/mol. The molecule has 3 rings (SSSR count). The molecule has 6 heteroatoms. The Morgan fingerprint density at radius 1 is 1.09 bits per heavy atom. The molecular formula is C17H12ClNO2S2. The lowest BCUT2D eigenvalue weighted by atomic mass is 10.1. The summed E-state index contributed by atoms with van der Waals surface area (Å²) in [5.74, 6) is -1.01. The molecule has 2 aromatic carbocycles. The third-order valence-electron chi connectivity index (χ3n) is 3.27. The summed E-state index contributed by atoms with van der Waals surface area (Å²) in [4.78, 5) is 16.6. The van der Waals surface area contributed by atoms with Gasteiger partial charge in [0.15, 0.2) is 5.25 Å². The summed E-state index contributed by atoms with van der Waals surface area (Å²) in [6.45, 7) is 0. The lowest BCUT2D eigenvalue weighted by Crippen LogP contribution is -2.04. The van der Waals surface area contributed by atoms with E-state index in [0.717, 1.165) is 21.7 Å². The molecule has 0 aliphatic carbocycles. The highest BCUT2D eigenvalue weighted by molar-refractivity contribution is 7.81. The number of hydrogen-bond donors (Lipinski definition) is 2. The van der Waals surface area contributed by atoms with E-state index in [1.807, 2.05) is 42.5 Å². The van der Waals surface area contributed by atoms with Crippen molar-refractivity contribution in [2.45, 2.75) is 5.25 Å². The standard InChI is InChI=1S/C17H12ClNO2S2/c18-12-8-6-11(7-9-12)15-13(10-4-2-1-3-5-10)19-16(23-15)14(22)17(20)21/h1-9,14,22H,(H,20,21). The van der Waals surface area contributed by atoms with E-state index >= 15 is 0 Å². The Bertz CT molecular complexity index is 832. The lowest BCUT2D eigenvalue weighted by Gasteiger charge is -2.02. The van der Waals surface area contributed by atoms with Crippen LogP contribution in [0.5, 0.6) is 0 Å². The van der Waals surface area contributed by atoms with E-state index in [4.69, 9.17) is 11.6 Å². The third-order valence-corrected chi connectivity index (χ3v) is 5.33. The largest absolute Gasteiger partial charge is 0.480 e. The number of aliphatic carboxylic acids is 1. The number of hydrogen-bond acceptors (Lipinski definition) is 4. The monoisotopic (exact) mass is 361 g/mol. The molecule has 3 aromatic rings. The van der Waals surface area contributed by atoms with Crippen molar-refractivity contribution in [2.75, 3.05) is 0 Å². The summed E-state index contributed by atoms with van der Waals surface area (Å²) in [5.41, 5.74) is 2.64. The third kappa shape index (κ3) is 3.42. The molecule has 0 radical (unpaired) electrons. The molecule has 116 valence electrons. The van der Waals surface area contributed by atoms with Gasteiger partial charge in [0.25, 0.3) is 0 Å². The molecule has 1 N–H and O–H groups in total. The number of carboxylic acid groups (broad SMARTS) is 1. The van der Waals surface area contributed by atoms with E-state index in [0.29, 0.717) is 10.0 Å². The fraction of sp³-hybridized carbons (Fsp3) is 0.0588. The molecule has 0 spiro atoms. The van der Waals surface area contributed by atoms with E-state index in [1.165, 1.54) is 11.3 Å². The number of rotatable bonds is 4. The van der Waals surface area contributed by atoms with Crippen LogP contribution in [0.2, 0.25) is 5.02 Å². The van der Waals surface area contributed by atoms with Crippen LogP contribution in [0, 0.1) is 0 Å². The molecule has 0 saturated carbocycles. The van der Waals surface area contributed by atoms with Crippen LogP contribution in [0.25, 0.3) is 21.7 Å². The zero-order valence-electron chi connectivity index (χ0n) is 11.8. The topological polar surface area (TPSA) is 50.2 Å². The maximum atomic E-state index is 11.2. The molecule has 0 aliphatic rings. The van der Waals surface area contributed by atoms with Crippen molar-refractivity contribution in [1.29, 1.82) is 0 Å². The van der Waals surface area contributed by atoms with Crippen molar-refractivity contribution in [2.24, 2.45) is 0 Å². The molecule has 1 atom stereocenters. The molecule has 0 fully saturated rings. The second-order valence-electron chi connectivity index (χ2n) is 4.84. The first-order valence-corrected chi connectivity index (χ1v) is 8.50. The minimum Gasteiger partial charge on any atom is -0.480 e. The van der Waals surface area contributed by atoms with Gasteiger partial charge in [0, 0.05) is 10.6 Å². The Balaban J connectivity index is 2.16. The molecular weight excluding hydrogens is 350 g/mol. The highest BCUT2D eigenvalue weighted by atomic mass is 35.5. The van der Waals surface area contributed by atoms with Gasteiger partial charge < -0.3 is 5.11 Å². The van der Waals surface area contributed by atoms with Crippen LogP contribution in [0.4, 0.5) is 0 Å². The van der Waals surface area contributed by atoms with E-state index in [2.05, 4.69) is 17.6 Å². The Labute approximate surface area is 148 Å². The van der Waals surface area contributed by atoms with E-state index < -0.39 is 11.2 Å². The first-order chi connectivity index (χ1) is 11.1. The van der Waals surface area contributed by atoms with Gasteiger partial charge in [-0.1, -0.05) is 54.1 Å². The van der Waals surface area contributed by atoms with E-state index in [9.17, 15) is 9.90 Å². The van der Waals surface area contributed by atoms with Gasteiger partial charge >= 0.3 is 5.97 Å². The Kier molecular flexibility index (Phi) is 4.71. The van der Waals surface area contributed by atoms with Gasteiger partial charge in [-0.25, -0.2) is 4.98 Å². The van der Waals surface area contributed by atoms with Crippen LogP contribution < -0.4 is 0 Å². The Morgan fingerprint density at radius 3 is 2.35 bits per heavy atom. The molecule has 0 amide bonds. The highest BCUT2D eigenvalue weighted by Crippen LogP contribution is 2.40. The first kappa shape index (κ1) is 16.1. The molecule has 3 nitrogen and oxygen atoms in total. The number of nitrogens with zero attached hydrogens (tertiary/aromatic N) is 1. The number of carboxylic acids is 1. The van der Waals surface area contributed by atoms with Crippen molar-refractivity contribution in [3.05, 3.63) is 64.6 Å². The second kappa shape index (κ2) is 6.74. The Morgan fingerprint density at radius 2 is 1.74 bits per heavy atom. The van der Waals surface area contributed by atoms with Gasteiger partial charge in [-0.3, -0.25) is 4.79 Å². The molecule has 0 bridgehead atoms. The SMILES string of the molecule is O=C(O)C(S)c1nc(-c2ccccc2)c(-c2ccc(Cl)cc2)s1.